The minimum atomic E-state index is 0.605. The molecule has 0 atom stereocenters. The predicted molar refractivity (Wildman–Crippen MR) is 124 cm³/mol. The van der Waals surface area contributed by atoms with Crippen LogP contribution in [-0.2, 0) is 0 Å². The van der Waals surface area contributed by atoms with Gasteiger partial charge in [-0.2, -0.15) is 0 Å². The first kappa shape index (κ1) is 25.4. The molecule has 28 heavy (non-hydrogen) atoms. The van der Waals surface area contributed by atoms with Gasteiger partial charge in [-0.25, -0.2) is 9.97 Å². The fraction of sp³-hybridized carbons (Fsp3) is 0.833. The van der Waals surface area contributed by atoms with Gasteiger partial charge in [0.25, 0.3) is 0 Å². The Morgan fingerprint density at radius 3 is 1.36 bits per heavy atom. The van der Waals surface area contributed by atoms with Crippen LogP contribution in [0.5, 0.6) is 5.75 Å². The molecular weight excluding hydrogens is 412 g/mol. The monoisotopic (exact) mass is 454 g/mol. The molecule has 0 bridgehead atoms. The van der Waals surface area contributed by atoms with Gasteiger partial charge in [-0.15, -0.1) is 0 Å². The highest BCUT2D eigenvalue weighted by atomic mass is 79.9. The first-order chi connectivity index (χ1) is 13.8. The minimum Gasteiger partial charge on any atom is -0.490 e. The van der Waals surface area contributed by atoms with Crippen LogP contribution in [0.4, 0.5) is 0 Å². The number of aromatic nitrogens is 2. The summed E-state index contributed by atoms with van der Waals surface area (Å²) in [5.41, 5.74) is 0. The molecule has 0 amide bonds. The lowest BCUT2D eigenvalue weighted by molar-refractivity contribution is 0.301. The largest absolute Gasteiger partial charge is 0.490 e. The summed E-state index contributed by atoms with van der Waals surface area (Å²) in [5, 5.41) is 0. The molecule has 0 saturated heterocycles. The summed E-state index contributed by atoms with van der Waals surface area (Å²) in [7, 11) is 0. The second-order valence-corrected chi connectivity index (χ2v) is 8.76. The molecule has 0 spiro atoms. The van der Waals surface area contributed by atoms with Crippen LogP contribution in [0.25, 0.3) is 0 Å². The molecule has 0 fully saturated rings. The molecule has 0 aromatic carbocycles. The van der Waals surface area contributed by atoms with Crippen LogP contribution in [-0.4, -0.2) is 16.6 Å². The number of nitrogens with zero attached hydrogens (tertiary/aromatic N) is 2. The van der Waals surface area contributed by atoms with E-state index in [-0.39, 0.29) is 0 Å². The van der Waals surface area contributed by atoms with Gasteiger partial charge in [0.15, 0.2) is 10.5 Å². The molecule has 0 radical (unpaired) electrons. The van der Waals surface area contributed by atoms with Crippen molar-refractivity contribution in [3.8, 4) is 5.75 Å². The zero-order valence-corrected chi connectivity index (χ0v) is 19.9. The second kappa shape index (κ2) is 19.7. The van der Waals surface area contributed by atoms with Crippen LogP contribution in [0.1, 0.15) is 122 Å². The third-order valence-electron chi connectivity index (χ3n) is 5.36. The topological polar surface area (TPSA) is 35.0 Å². The average molecular weight is 456 g/mol. The molecule has 4 heteroatoms. The highest BCUT2D eigenvalue weighted by Gasteiger charge is 1.97. The van der Waals surface area contributed by atoms with E-state index in [9.17, 15) is 0 Å². The van der Waals surface area contributed by atoms with E-state index in [2.05, 4.69) is 32.8 Å². The van der Waals surface area contributed by atoms with E-state index in [4.69, 9.17) is 4.74 Å². The summed E-state index contributed by atoms with van der Waals surface area (Å²) in [6, 6.07) is 0. The van der Waals surface area contributed by atoms with E-state index in [0.717, 1.165) is 18.8 Å². The van der Waals surface area contributed by atoms with Crippen LogP contribution in [0, 0.1) is 0 Å². The molecule has 3 nitrogen and oxygen atoms in total. The Kier molecular flexibility index (Phi) is 17.8. The SMILES string of the molecule is CCCCCCCCCCCCCCCCCCCCOc1cnc(Br)nc1. The lowest BCUT2D eigenvalue weighted by Crippen LogP contribution is -1.98. The van der Waals surface area contributed by atoms with Crippen molar-refractivity contribution in [1.29, 1.82) is 0 Å². The van der Waals surface area contributed by atoms with Crippen molar-refractivity contribution in [2.75, 3.05) is 6.61 Å². The first-order valence-electron chi connectivity index (χ1n) is 11.9. The van der Waals surface area contributed by atoms with Gasteiger partial charge < -0.3 is 4.74 Å². The van der Waals surface area contributed by atoms with Crippen LogP contribution < -0.4 is 4.74 Å². The van der Waals surface area contributed by atoms with Crippen LogP contribution in [0.15, 0.2) is 17.1 Å². The van der Waals surface area contributed by atoms with E-state index < -0.39 is 0 Å². The minimum absolute atomic E-state index is 0.605. The van der Waals surface area contributed by atoms with Gasteiger partial charge in [0.05, 0.1) is 19.0 Å². The molecule has 0 N–H and O–H groups in total. The van der Waals surface area contributed by atoms with Crippen molar-refractivity contribution < 1.29 is 4.74 Å². The van der Waals surface area contributed by atoms with Crippen LogP contribution >= 0.6 is 15.9 Å². The van der Waals surface area contributed by atoms with Crippen molar-refractivity contribution >= 4 is 15.9 Å². The Morgan fingerprint density at radius 2 is 0.964 bits per heavy atom. The van der Waals surface area contributed by atoms with E-state index in [1.807, 2.05) is 0 Å². The number of halogens is 1. The van der Waals surface area contributed by atoms with Crippen molar-refractivity contribution in [1.82, 2.24) is 9.97 Å². The van der Waals surface area contributed by atoms with Crippen molar-refractivity contribution in [2.45, 2.75) is 122 Å². The fourth-order valence-corrected chi connectivity index (χ4v) is 3.77. The Hall–Kier alpha value is -0.640. The maximum atomic E-state index is 5.64. The number of hydrogen-bond donors (Lipinski definition) is 0. The zero-order valence-electron chi connectivity index (χ0n) is 18.3. The van der Waals surface area contributed by atoms with Gasteiger partial charge in [-0.3, -0.25) is 0 Å². The number of rotatable bonds is 20. The van der Waals surface area contributed by atoms with Crippen molar-refractivity contribution in [3.63, 3.8) is 0 Å². The number of ether oxygens (including phenoxy) is 1. The van der Waals surface area contributed by atoms with Gasteiger partial charge in [0.2, 0.25) is 0 Å². The third kappa shape index (κ3) is 16.3. The van der Waals surface area contributed by atoms with E-state index >= 15 is 0 Å². The Morgan fingerprint density at radius 1 is 0.607 bits per heavy atom. The Balaban J connectivity index is 1.70. The van der Waals surface area contributed by atoms with Crippen LogP contribution in [0.3, 0.4) is 0 Å². The predicted octanol–water partition coefficient (Wildman–Crippen LogP) is 8.66. The summed E-state index contributed by atoms with van der Waals surface area (Å²) in [6.07, 6.45) is 28.7. The van der Waals surface area contributed by atoms with Gasteiger partial charge >= 0.3 is 0 Å². The van der Waals surface area contributed by atoms with E-state index in [1.54, 1.807) is 12.4 Å². The van der Waals surface area contributed by atoms with Crippen LogP contribution in [0.2, 0.25) is 0 Å². The molecule has 0 aliphatic heterocycles. The molecule has 1 rings (SSSR count). The van der Waals surface area contributed by atoms with Gasteiger partial charge in [0, 0.05) is 0 Å². The summed E-state index contributed by atoms with van der Waals surface area (Å²) in [4.78, 5) is 8.12. The normalized spacial score (nSPS) is 11.1. The van der Waals surface area contributed by atoms with Crippen molar-refractivity contribution in [3.05, 3.63) is 17.1 Å². The zero-order chi connectivity index (χ0) is 20.1. The first-order valence-corrected chi connectivity index (χ1v) is 12.7. The smallest absolute Gasteiger partial charge is 0.196 e. The molecule has 1 aromatic rings. The standard InChI is InChI=1S/C24H43BrN2O/c1-2-3-4-5-6-7-8-9-10-11-12-13-14-15-16-17-18-19-20-28-23-21-26-24(25)27-22-23/h21-22H,2-20H2,1H3. The Bertz CT molecular complexity index is 439. The third-order valence-corrected chi connectivity index (χ3v) is 5.77. The summed E-state index contributed by atoms with van der Waals surface area (Å²) in [6.45, 7) is 3.06. The summed E-state index contributed by atoms with van der Waals surface area (Å²) in [5.74, 6) is 0.759. The van der Waals surface area contributed by atoms with Gasteiger partial charge in [-0.05, 0) is 22.4 Å². The maximum Gasteiger partial charge on any atom is 0.196 e. The fourth-order valence-electron chi connectivity index (χ4n) is 3.57. The highest BCUT2D eigenvalue weighted by Crippen LogP contribution is 2.15. The molecule has 1 heterocycles. The molecule has 0 saturated carbocycles. The average Bonchev–Trinajstić information content (AvgIpc) is 2.71. The molecule has 0 unspecified atom stereocenters. The van der Waals surface area contributed by atoms with E-state index in [0.29, 0.717) is 4.73 Å². The van der Waals surface area contributed by atoms with Gasteiger partial charge in [-0.1, -0.05) is 116 Å². The Labute approximate surface area is 182 Å². The second-order valence-electron chi connectivity index (χ2n) is 8.05. The van der Waals surface area contributed by atoms with E-state index in [1.165, 1.54) is 109 Å². The summed E-state index contributed by atoms with van der Waals surface area (Å²) < 4.78 is 6.25. The molecule has 162 valence electrons. The quantitative estimate of drug-likeness (QED) is 0.146. The number of unbranched alkanes of at least 4 members (excludes halogenated alkanes) is 17. The summed E-state index contributed by atoms with van der Waals surface area (Å²) >= 11 is 3.23. The molecule has 0 aliphatic rings. The van der Waals surface area contributed by atoms with Gasteiger partial charge in [0.1, 0.15) is 0 Å². The molecular formula is C24H43BrN2O. The maximum absolute atomic E-state index is 5.64. The highest BCUT2D eigenvalue weighted by molar-refractivity contribution is 9.10. The van der Waals surface area contributed by atoms with Crippen molar-refractivity contribution in [2.24, 2.45) is 0 Å². The lowest BCUT2D eigenvalue weighted by Gasteiger charge is -2.05. The number of hydrogen-bond acceptors (Lipinski definition) is 3. The lowest BCUT2D eigenvalue weighted by atomic mass is 10.0. The molecule has 1 aromatic heterocycles. The molecule has 0 aliphatic carbocycles.